The van der Waals surface area contributed by atoms with Crippen LogP contribution >= 0.6 is 0 Å². The molecule has 0 atom stereocenters. The highest BCUT2D eigenvalue weighted by Gasteiger charge is 1.97. The van der Waals surface area contributed by atoms with Crippen molar-refractivity contribution < 1.29 is 80.2 Å². The van der Waals surface area contributed by atoms with Gasteiger partial charge in [-0.05, 0) is 0 Å². The zero-order valence-corrected chi connectivity index (χ0v) is 12.6. The predicted molar refractivity (Wildman–Crippen MR) is 58.9 cm³/mol. The Balaban J connectivity index is -0.0000000986. The predicted octanol–water partition coefficient (Wildman–Crippen LogP) is -2.75. The summed E-state index contributed by atoms with van der Waals surface area (Å²) in [4.78, 5) is 0. The molecule has 0 heterocycles. The molecule has 0 aliphatic heterocycles. The molecule has 0 aromatic heterocycles. The summed E-state index contributed by atoms with van der Waals surface area (Å²) in [6.45, 7) is 0. The molecule has 0 amide bonds. The molecule has 0 fully saturated rings. The fourth-order valence-electron chi connectivity index (χ4n) is 0. The van der Waals surface area contributed by atoms with Crippen LogP contribution in [0.5, 0.6) is 0 Å². The highest BCUT2D eigenvalue weighted by Crippen LogP contribution is 1.74. The largest absolute Gasteiger partial charge is 0.423 e. The Morgan fingerprint density at radius 2 is 0.500 bits per heavy atom. The topological polar surface area (TPSA) is 317 Å². The molecular weight excluding hydrogens is 416 g/mol. The van der Waals surface area contributed by atoms with E-state index < -0.39 is 41.6 Å². The molecule has 22 heavy (non-hydrogen) atoms. The standard InChI is InChI=1S/2H2O5S.2H2O4S/c2*1-5-6(2,3)4;2*1-5(2,3)4/h2*1H,(H,2,3,4);2*(H2,1,2,3,4). The van der Waals surface area contributed by atoms with Crippen LogP contribution in [0.15, 0.2) is 0 Å². The van der Waals surface area contributed by atoms with Crippen LogP contribution in [0.2, 0.25) is 0 Å². The summed E-state index contributed by atoms with van der Waals surface area (Å²) in [7, 11) is -18.5. The first-order chi connectivity index (χ1) is 9.12. The van der Waals surface area contributed by atoms with Crippen LogP contribution in [0.1, 0.15) is 0 Å². The van der Waals surface area contributed by atoms with Crippen molar-refractivity contribution in [3.8, 4) is 0 Å². The Bertz CT molecular complexity index is 571. The molecule has 22 heteroatoms. The molecular formula is H8O18S4. The van der Waals surface area contributed by atoms with E-state index in [1.54, 1.807) is 0 Å². The molecule has 0 bridgehead atoms. The maximum Gasteiger partial charge on any atom is 0.423 e. The van der Waals surface area contributed by atoms with Gasteiger partial charge in [-0.3, -0.25) is 27.3 Å². The quantitative estimate of drug-likeness (QED) is 0.126. The van der Waals surface area contributed by atoms with Crippen molar-refractivity contribution >= 4 is 41.6 Å². The van der Waals surface area contributed by atoms with E-state index >= 15 is 0 Å². The average molecular weight is 424 g/mol. The van der Waals surface area contributed by atoms with Gasteiger partial charge in [0.05, 0.1) is 0 Å². The second-order valence-electron chi connectivity index (χ2n) is 1.90. The molecule has 140 valence electrons. The lowest BCUT2D eigenvalue weighted by Crippen LogP contribution is -1.97. The summed E-state index contributed by atoms with van der Waals surface area (Å²) >= 11 is 0. The minimum atomic E-state index is -4.67. The Morgan fingerprint density at radius 3 is 0.500 bits per heavy atom. The number of hydrogen-bond donors (Lipinski definition) is 8. The first-order valence-corrected chi connectivity index (χ1v) is 8.65. The Morgan fingerprint density at radius 1 is 0.455 bits per heavy atom. The first-order valence-electron chi connectivity index (χ1n) is 3.13. The van der Waals surface area contributed by atoms with Crippen LogP contribution in [-0.2, 0) is 50.3 Å². The molecule has 0 saturated heterocycles. The maximum atomic E-state index is 9.08. The van der Waals surface area contributed by atoms with E-state index in [0.717, 1.165) is 0 Å². The van der Waals surface area contributed by atoms with Crippen molar-refractivity contribution in [3.63, 3.8) is 0 Å². The minimum absolute atomic E-state index is 2.47. The monoisotopic (exact) mass is 424 g/mol. The summed E-state index contributed by atoms with van der Waals surface area (Å²) < 4.78 is 119. The van der Waals surface area contributed by atoms with Gasteiger partial charge in [0.15, 0.2) is 0 Å². The molecule has 0 aromatic rings. The summed E-state index contributed by atoms with van der Waals surface area (Å²) in [6.07, 6.45) is 0. The van der Waals surface area contributed by atoms with Crippen LogP contribution in [0.3, 0.4) is 0 Å². The summed E-state index contributed by atoms with van der Waals surface area (Å²) in [5, 5.41) is 14.1. The van der Waals surface area contributed by atoms with E-state index in [4.69, 9.17) is 71.5 Å². The maximum absolute atomic E-state index is 9.08. The summed E-state index contributed by atoms with van der Waals surface area (Å²) in [5.41, 5.74) is 0. The second kappa shape index (κ2) is 11.9. The lowest BCUT2D eigenvalue weighted by molar-refractivity contribution is -0.139. The van der Waals surface area contributed by atoms with Gasteiger partial charge in [0.2, 0.25) is 0 Å². The highest BCUT2D eigenvalue weighted by atomic mass is 32.3. The second-order valence-corrected chi connectivity index (χ2v) is 5.70. The van der Waals surface area contributed by atoms with Gasteiger partial charge in [0.25, 0.3) is 0 Å². The van der Waals surface area contributed by atoms with Crippen LogP contribution in [0.4, 0.5) is 0 Å². The van der Waals surface area contributed by atoms with Crippen LogP contribution in [0, 0.1) is 0 Å². The van der Waals surface area contributed by atoms with E-state index in [1.165, 1.54) is 0 Å². The zero-order valence-electron chi connectivity index (χ0n) is 9.29. The zero-order chi connectivity index (χ0) is 19.4. The summed E-state index contributed by atoms with van der Waals surface area (Å²) in [5.74, 6) is 0. The lowest BCUT2D eigenvalue weighted by Gasteiger charge is -1.79. The van der Waals surface area contributed by atoms with Gasteiger partial charge in [0.1, 0.15) is 0 Å². The Labute approximate surface area is 122 Å². The first kappa shape index (κ1) is 29.4. The van der Waals surface area contributed by atoms with Crippen molar-refractivity contribution in [1.29, 1.82) is 0 Å². The molecule has 8 N–H and O–H groups in total. The molecule has 18 nitrogen and oxygen atoms in total. The average Bonchev–Trinajstić information content (AvgIpc) is 2.11. The van der Waals surface area contributed by atoms with Crippen molar-refractivity contribution in [1.82, 2.24) is 0 Å². The van der Waals surface area contributed by atoms with Gasteiger partial charge in [0, 0.05) is 0 Å². The molecule has 0 aliphatic rings. The van der Waals surface area contributed by atoms with E-state index in [9.17, 15) is 0 Å². The molecule has 0 aromatic carbocycles. The molecule has 0 saturated carbocycles. The van der Waals surface area contributed by atoms with Gasteiger partial charge < -0.3 is 0 Å². The van der Waals surface area contributed by atoms with Gasteiger partial charge in [-0.15, -0.1) is 0 Å². The van der Waals surface area contributed by atoms with Gasteiger partial charge >= 0.3 is 41.6 Å². The molecule has 0 aliphatic carbocycles. The smallest absolute Gasteiger partial charge is 0.264 e. The third-order valence-electron chi connectivity index (χ3n) is 0.188. The number of rotatable bonds is 2. The summed E-state index contributed by atoms with van der Waals surface area (Å²) in [6, 6.07) is 0. The fourth-order valence-corrected chi connectivity index (χ4v) is 0. The van der Waals surface area contributed by atoms with E-state index in [1.807, 2.05) is 0 Å². The van der Waals surface area contributed by atoms with E-state index in [0.29, 0.717) is 0 Å². The third kappa shape index (κ3) is 225. The van der Waals surface area contributed by atoms with E-state index in [-0.39, 0.29) is 0 Å². The van der Waals surface area contributed by atoms with Gasteiger partial charge in [-0.25, -0.2) is 10.5 Å². The highest BCUT2D eigenvalue weighted by molar-refractivity contribution is 7.81. The fraction of sp³-hybridized carbons (Fsp3) is 0. The van der Waals surface area contributed by atoms with E-state index in [2.05, 4.69) is 8.67 Å². The lowest BCUT2D eigenvalue weighted by atomic mass is 15.0. The minimum Gasteiger partial charge on any atom is -0.264 e. The molecule has 0 rings (SSSR count). The SMILES string of the molecule is O=S(=O)(O)O.O=S(=O)(O)O.O=S(=O)(O)OO.O=S(=O)(O)OO. The van der Waals surface area contributed by atoms with Gasteiger partial charge in [-0.1, -0.05) is 8.67 Å². The Hall–Kier alpha value is -0.600. The third-order valence-corrected chi connectivity index (χ3v) is 0.565. The molecule has 0 unspecified atom stereocenters. The molecule has 0 radical (unpaired) electrons. The van der Waals surface area contributed by atoms with Crippen LogP contribution in [0.25, 0.3) is 0 Å². The van der Waals surface area contributed by atoms with Crippen molar-refractivity contribution in [2.45, 2.75) is 0 Å². The Kier molecular flexibility index (Phi) is 15.9. The van der Waals surface area contributed by atoms with Crippen LogP contribution in [-0.4, -0.2) is 71.5 Å². The van der Waals surface area contributed by atoms with Crippen molar-refractivity contribution in [3.05, 3.63) is 0 Å². The van der Waals surface area contributed by atoms with Crippen LogP contribution < -0.4 is 0 Å². The van der Waals surface area contributed by atoms with Gasteiger partial charge in [-0.2, -0.15) is 33.7 Å². The van der Waals surface area contributed by atoms with Crippen molar-refractivity contribution in [2.24, 2.45) is 0 Å². The van der Waals surface area contributed by atoms with Crippen molar-refractivity contribution in [2.75, 3.05) is 0 Å². The number of hydrogen-bond acceptors (Lipinski definition) is 12. The molecule has 0 spiro atoms. The normalized spacial score (nSPS) is 11.6.